The van der Waals surface area contributed by atoms with Crippen molar-refractivity contribution in [2.45, 2.75) is 36.2 Å². The van der Waals surface area contributed by atoms with Crippen LogP contribution < -0.4 is 5.56 Å². The number of nitrogens with zero attached hydrogens (tertiary/aromatic N) is 3. The lowest BCUT2D eigenvalue weighted by Gasteiger charge is -2.11. The molecule has 4 heterocycles. The first-order valence-corrected chi connectivity index (χ1v) is 10.2. The van der Waals surface area contributed by atoms with Gasteiger partial charge in [0, 0.05) is 29.4 Å². The van der Waals surface area contributed by atoms with Crippen molar-refractivity contribution in [3.05, 3.63) is 52.3 Å². The molecule has 4 aromatic heterocycles. The molecule has 132 valence electrons. The van der Waals surface area contributed by atoms with Crippen molar-refractivity contribution in [3.8, 4) is 11.3 Å². The molecule has 1 aliphatic rings. The minimum atomic E-state index is -0.129. The van der Waals surface area contributed by atoms with Crippen molar-refractivity contribution >= 4 is 33.3 Å². The van der Waals surface area contributed by atoms with E-state index in [1.165, 1.54) is 24.2 Å². The second-order valence-corrected chi connectivity index (χ2v) is 8.53. The molecular formula is C18H16N4O2S2. The Balaban J connectivity index is 1.49. The zero-order valence-electron chi connectivity index (χ0n) is 14.0. The number of furan rings is 1. The van der Waals surface area contributed by atoms with Gasteiger partial charge in [-0.05, 0) is 31.9 Å². The molecule has 0 amide bonds. The summed E-state index contributed by atoms with van der Waals surface area (Å²) in [6, 6.07) is 4.25. The van der Waals surface area contributed by atoms with Gasteiger partial charge in [0.2, 0.25) is 0 Å². The summed E-state index contributed by atoms with van der Waals surface area (Å²) in [5.41, 5.74) is 0.663. The van der Waals surface area contributed by atoms with Crippen LogP contribution in [0.1, 0.15) is 36.9 Å². The van der Waals surface area contributed by atoms with E-state index in [0.717, 1.165) is 15.6 Å². The number of nitrogens with one attached hydrogen (secondary N) is 1. The van der Waals surface area contributed by atoms with Gasteiger partial charge in [-0.15, -0.1) is 11.3 Å². The summed E-state index contributed by atoms with van der Waals surface area (Å²) in [7, 11) is 0. The maximum Gasteiger partial charge on any atom is 0.260 e. The standard InChI is InChI=1S/C18H16N4O2S2/c1-10(26-18-19-6-7-22(18)11-4-5-11)15-20-16(23)14-12(9-25-17(14)21-15)13-3-2-8-24-13/h2-3,6-11H,4-5H2,1H3,(H,20,21,23). The second kappa shape index (κ2) is 6.14. The third kappa shape index (κ3) is 2.69. The number of fused-ring (bicyclic) bond motifs is 1. The van der Waals surface area contributed by atoms with Crippen LogP contribution in [0.25, 0.3) is 21.5 Å². The van der Waals surface area contributed by atoms with E-state index < -0.39 is 0 Å². The van der Waals surface area contributed by atoms with Gasteiger partial charge < -0.3 is 14.0 Å². The normalized spacial score (nSPS) is 15.6. The van der Waals surface area contributed by atoms with E-state index in [1.807, 2.05) is 36.8 Å². The van der Waals surface area contributed by atoms with Crippen LogP contribution in [-0.4, -0.2) is 19.5 Å². The molecule has 1 saturated carbocycles. The summed E-state index contributed by atoms with van der Waals surface area (Å²) < 4.78 is 7.66. The summed E-state index contributed by atoms with van der Waals surface area (Å²) in [6.45, 7) is 2.04. The quantitative estimate of drug-likeness (QED) is 0.508. The SMILES string of the molecule is CC(Sc1nccn1C1CC1)c1nc2scc(-c3ccco3)c2c(=O)[nH]1. The topological polar surface area (TPSA) is 76.7 Å². The molecule has 0 bridgehead atoms. The number of hydrogen-bond donors (Lipinski definition) is 1. The molecule has 0 spiro atoms. The molecule has 1 atom stereocenters. The summed E-state index contributed by atoms with van der Waals surface area (Å²) in [5.74, 6) is 1.36. The third-order valence-corrected chi connectivity index (χ3v) is 6.47. The van der Waals surface area contributed by atoms with Gasteiger partial charge in [0.1, 0.15) is 16.4 Å². The maximum atomic E-state index is 12.7. The maximum absolute atomic E-state index is 12.7. The lowest BCUT2D eigenvalue weighted by molar-refractivity contribution is 0.583. The van der Waals surface area contributed by atoms with Crippen LogP contribution in [-0.2, 0) is 0 Å². The van der Waals surface area contributed by atoms with Gasteiger partial charge >= 0.3 is 0 Å². The molecule has 0 saturated heterocycles. The molecule has 1 fully saturated rings. The van der Waals surface area contributed by atoms with Gasteiger partial charge in [-0.25, -0.2) is 9.97 Å². The van der Waals surface area contributed by atoms with Crippen LogP contribution in [0.15, 0.2) is 50.5 Å². The van der Waals surface area contributed by atoms with Gasteiger partial charge in [-0.1, -0.05) is 11.8 Å². The summed E-state index contributed by atoms with van der Waals surface area (Å²) in [6.07, 6.45) is 7.90. The zero-order chi connectivity index (χ0) is 17.7. The Kier molecular flexibility index (Phi) is 3.75. The highest BCUT2D eigenvalue weighted by Crippen LogP contribution is 2.41. The fraction of sp³-hybridized carbons (Fsp3) is 0.278. The minimum absolute atomic E-state index is 0.00108. The molecule has 26 heavy (non-hydrogen) atoms. The highest BCUT2D eigenvalue weighted by molar-refractivity contribution is 7.99. The van der Waals surface area contributed by atoms with Crippen LogP contribution in [0.3, 0.4) is 0 Å². The molecule has 1 aliphatic carbocycles. The lowest BCUT2D eigenvalue weighted by atomic mass is 10.2. The average Bonchev–Trinajstić information content (AvgIpc) is 3.06. The molecule has 6 nitrogen and oxygen atoms in total. The molecule has 0 aromatic carbocycles. The Bertz CT molecular complexity index is 1120. The van der Waals surface area contributed by atoms with Crippen molar-refractivity contribution < 1.29 is 4.42 Å². The Morgan fingerprint density at radius 2 is 2.35 bits per heavy atom. The smallest absolute Gasteiger partial charge is 0.260 e. The highest BCUT2D eigenvalue weighted by Gasteiger charge is 2.27. The van der Waals surface area contributed by atoms with Crippen LogP contribution >= 0.6 is 23.1 Å². The Morgan fingerprint density at radius 1 is 1.46 bits per heavy atom. The highest BCUT2D eigenvalue weighted by atomic mass is 32.2. The number of rotatable bonds is 5. The first-order chi connectivity index (χ1) is 12.7. The molecule has 5 rings (SSSR count). The molecule has 0 aliphatic heterocycles. The van der Waals surface area contributed by atoms with Gasteiger partial charge in [-0.2, -0.15) is 0 Å². The molecule has 0 radical (unpaired) electrons. The minimum Gasteiger partial charge on any atom is -0.464 e. The average molecular weight is 384 g/mol. The lowest BCUT2D eigenvalue weighted by Crippen LogP contribution is -2.12. The van der Waals surface area contributed by atoms with Crippen molar-refractivity contribution in [1.82, 2.24) is 19.5 Å². The predicted octanol–water partition coefficient (Wildman–Crippen LogP) is 4.63. The summed E-state index contributed by atoms with van der Waals surface area (Å²) in [4.78, 5) is 25.6. The first kappa shape index (κ1) is 15.9. The van der Waals surface area contributed by atoms with Crippen LogP contribution in [0, 0.1) is 0 Å². The number of thioether (sulfide) groups is 1. The van der Waals surface area contributed by atoms with Crippen molar-refractivity contribution in [2.75, 3.05) is 0 Å². The van der Waals surface area contributed by atoms with Crippen molar-refractivity contribution in [3.63, 3.8) is 0 Å². The summed E-state index contributed by atoms with van der Waals surface area (Å²) in [5, 5.41) is 3.49. The molecule has 1 N–H and O–H groups in total. The number of imidazole rings is 1. The summed E-state index contributed by atoms with van der Waals surface area (Å²) >= 11 is 3.09. The van der Waals surface area contributed by atoms with E-state index in [4.69, 9.17) is 9.40 Å². The first-order valence-electron chi connectivity index (χ1n) is 8.45. The predicted molar refractivity (Wildman–Crippen MR) is 103 cm³/mol. The van der Waals surface area contributed by atoms with E-state index in [-0.39, 0.29) is 10.8 Å². The van der Waals surface area contributed by atoms with Gasteiger partial charge in [0.25, 0.3) is 5.56 Å². The Labute approximate surface area is 157 Å². The van der Waals surface area contributed by atoms with Crippen molar-refractivity contribution in [2.24, 2.45) is 0 Å². The molecule has 8 heteroatoms. The third-order valence-electron chi connectivity index (χ3n) is 4.49. The van der Waals surface area contributed by atoms with Crippen LogP contribution in [0.5, 0.6) is 0 Å². The number of hydrogen-bond acceptors (Lipinski definition) is 6. The van der Waals surface area contributed by atoms with Gasteiger partial charge in [0.05, 0.1) is 16.9 Å². The van der Waals surface area contributed by atoms with E-state index in [1.54, 1.807) is 18.0 Å². The van der Waals surface area contributed by atoms with Gasteiger partial charge in [-0.3, -0.25) is 4.79 Å². The number of H-pyrrole nitrogens is 1. The second-order valence-electron chi connectivity index (χ2n) is 6.37. The van der Waals surface area contributed by atoms with E-state index in [2.05, 4.69) is 14.5 Å². The number of aromatic nitrogens is 4. The Morgan fingerprint density at radius 3 is 3.12 bits per heavy atom. The zero-order valence-corrected chi connectivity index (χ0v) is 15.6. The van der Waals surface area contributed by atoms with E-state index in [9.17, 15) is 4.79 Å². The largest absolute Gasteiger partial charge is 0.464 e. The molecule has 1 unspecified atom stereocenters. The fourth-order valence-electron chi connectivity index (χ4n) is 3.01. The van der Waals surface area contributed by atoms with Crippen molar-refractivity contribution in [1.29, 1.82) is 0 Å². The number of thiophene rings is 1. The van der Waals surface area contributed by atoms with Gasteiger partial charge in [0.15, 0.2) is 5.16 Å². The van der Waals surface area contributed by atoms with E-state index in [0.29, 0.717) is 23.0 Å². The van der Waals surface area contributed by atoms with E-state index >= 15 is 0 Å². The Hall–Kier alpha value is -2.32. The number of aromatic amines is 1. The van der Waals surface area contributed by atoms with Crippen LogP contribution in [0.2, 0.25) is 0 Å². The monoisotopic (exact) mass is 384 g/mol. The molecule has 4 aromatic rings. The molecular weight excluding hydrogens is 368 g/mol. The fourth-order valence-corrected chi connectivity index (χ4v) is 4.93. The van der Waals surface area contributed by atoms with Crippen LogP contribution in [0.4, 0.5) is 0 Å².